The van der Waals surface area contributed by atoms with Crippen LogP contribution >= 0.6 is 0 Å². The van der Waals surface area contributed by atoms with Gasteiger partial charge in [0.05, 0.1) is 24.2 Å². The molecule has 0 aliphatic carbocycles. The van der Waals surface area contributed by atoms with E-state index in [1.807, 2.05) is 25.1 Å². The number of nitrogens with one attached hydrogen (secondary N) is 2. The summed E-state index contributed by atoms with van der Waals surface area (Å²) in [6, 6.07) is 13.2. The van der Waals surface area contributed by atoms with Crippen molar-refractivity contribution in [2.24, 2.45) is 0 Å². The first-order valence-electron chi connectivity index (χ1n) is 9.79. The fourth-order valence-corrected chi connectivity index (χ4v) is 3.81. The van der Waals surface area contributed by atoms with Gasteiger partial charge in [-0.15, -0.1) is 0 Å². The lowest BCUT2D eigenvalue weighted by molar-refractivity contribution is -1.02. The molecule has 1 saturated heterocycles. The van der Waals surface area contributed by atoms with Gasteiger partial charge in [-0.3, -0.25) is 10.1 Å². The monoisotopic (exact) mass is 387 g/mol. The van der Waals surface area contributed by atoms with Crippen LogP contribution in [0.5, 0.6) is 11.5 Å². The number of hydrogen-bond acceptors (Lipinski definition) is 4. The molecule has 0 spiro atoms. The molecule has 1 aliphatic heterocycles. The third-order valence-electron chi connectivity index (χ3n) is 5.27. The molecule has 7 nitrogen and oxygen atoms in total. The molecule has 1 heterocycles. The molecule has 3 rings (SSSR count). The normalized spacial score (nSPS) is 19.2. The van der Waals surface area contributed by atoms with Crippen LogP contribution in [-0.2, 0) is 13.1 Å². The molecule has 7 heteroatoms. The lowest BCUT2D eigenvalue weighted by Crippen LogP contribution is -3.27. The van der Waals surface area contributed by atoms with E-state index in [4.69, 9.17) is 9.47 Å². The van der Waals surface area contributed by atoms with E-state index in [1.54, 1.807) is 19.2 Å². The number of benzene rings is 2. The summed E-state index contributed by atoms with van der Waals surface area (Å²) in [6.07, 6.45) is 0. The van der Waals surface area contributed by atoms with Crippen molar-refractivity contribution in [1.82, 2.24) is 0 Å². The van der Waals surface area contributed by atoms with Crippen molar-refractivity contribution >= 4 is 5.69 Å². The van der Waals surface area contributed by atoms with E-state index < -0.39 is 0 Å². The molecule has 1 aliphatic rings. The van der Waals surface area contributed by atoms with Gasteiger partial charge in [0.2, 0.25) is 0 Å². The van der Waals surface area contributed by atoms with Crippen LogP contribution in [0.25, 0.3) is 0 Å². The minimum absolute atomic E-state index is 0.228. The Bertz CT molecular complexity index is 804. The number of hydrogen-bond donors (Lipinski definition) is 2. The number of rotatable bonds is 8. The highest BCUT2D eigenvalue weighted by Crippen LogP contribution is 2.27. The average Bonchev–Trinajstić information content (AvgIpc) is 2.70. The number of ether oxygens (including phenoxy) is 2. The molecule has 0 amide bonds. The van der Waals surface area contributed by atoms with Crippen molar-refractivity contribution in [2.45, 2.75) is 20.0 Å². The van der Waals surface area contributed by atoms with Crippen molar-refractivity contribution < 1.29 is 24.2 Å². The topological polar surface area (TPSA) is 70.5 Å². The summed E-state index contributed by atoms with van der Waals surface area (Å²) in [5, 5.41) is 11.2. The first kappa shape index (κ1) is 20.1. The first-order chi connectivity index (χ1) is 13.6. The van der Waals surface area contributed by atoms with Crippen LogP contribution < -0.4 is 19.3 Å². The number of nitro groups is 1. The SMILES string of the molecule is CCOc1cc(C[NH+]2CC[NH+](Cc3ccccc3[N+](=O)[O-])CC2)ccc1OC. The molecule has 0 aromatic heterocycles. The Morgan fingerprint density at radius 1 is 1.00 bits per heavy atom. The third kappa shape index (κ3) is 4.99. The van der Waals surface area contributed by atoms with E-state index in [1.165, 1.54) is 15.4 Å². The van der Waals surface area contributed by atoms with Gasteiger partial charge in [-0.1, -0.05) is 12.1 Å². The highest BCUT2D eigenvalue weighted by atomic mass is 16.6. The van der Waals surface area contributed by atoms with Crippen LogP contribution in [-0.4, -0.2) is 44.8 Å². The van der Waals surface area contributed by atoms with Crippen molar-refractivity contribution in [2.75, 3.05) is 39.9 Å². The van der Waals surface area contributed by atoms with Gasteiger partial charge < -0.3 is 19.3 Å². The molecular formula is C21H29N3O4+2. The molecule has 150 valence electrons. The molecule has 0 atom stereocenters. The fraction of sp³-hybridized carbons (Fsp3) is 0.429. The second kappa shape index (κ2) is 9.52. The molecule has 0 saturated carbocycles. The number of para-hydroxylation sites is 1. The van der Waals surface area contributed by atoms with E-state index in [-0.39, 0.29) is 10.6 Å². The number of methoxy groups -OCH3 is 1. The van der Waals surface area contributed by atoms with Gasteiger partial charge in [0, 0.05) is 11.6 Å². The summed E-state index contributed by atoms with van der Waals surface area (Å²) in [5.41, 5.74) is 2.29. The average molecular weight is 387 g/mol. The summed E-state index contributed by atoms with van der Waals surface area (Å²) in [5.74, 6) is 1.56. The van der Waals surface area contributed by atoms with Gasteiger partial charge in [0.1, 0.15) is 39.3 Å². The van der Waals surface area contributed by atoms with Gasteiger partial charge in [-0.05, 0) is 31.2 Å². The highest BCUT2D eigenvalue weighted by molar-refractivity contribution is 5.42. The predicted molar refractivity (Wildman–Crippen MR) is 106 cm³/mol. The first-order valence-corrected chi connectivity index (χ1v) is 9.79. The van der Waals surface area contributed by atoms with E-state index in [2.05, 4.69) is 12.1 Å². The van der Waals surface area contributed by atoms with Crippen LogP contribution in [0.4, 0.5) is 5.69 Å². The van der Waals surface area contributed by atoms with Crippen molar-refractivity contribution in [3.63, 3.8) is 0 Å². The van der Waals surface area contributed by atoms with E-state index in [0.717, 1.165) is 49.8 Å². The van der Waals surface area contributed by atoms with E-state index in [9.17, 15) is 10.1 Å². The van der Waals surface area contributed by atoms with Crippen LogP contribution in [0.2, 0.25) is 0 Å². The number of piperazine rings is 1. The highest BCUT2D eigenvalue weighted by Gasteiger charge is 2.25. The minimum Gasteiger partial charge on any atom is -0.493 e. The Kier molecular flexibility index (Phi) is 6.84. The second-order valence-corrected chi connectivity index (χ2v) is 7.16. The molecule has 1 fully saturated rings. The molecule has 2 aromatic rings. The van der Waals surface area contributed by atoms with Gasteiger partial charge in [0.25, 0.3) is 5.69 Å². The summed E-state index contributed by atoms with van der Waals surface area (Å²) < 4.78 is 11.0. The maximum atomic E-state index is 11.2. The van der Waals surface area contributed by atoms with Crippen LogP contribution in [0, 0.1) is 10.1 Å². The van der Waals surface area contributed by atoms with Crippen LogP contribution in [0.15, 0.2) is 42.5 Å². The van der Waals surface area contributed by atoms with Gasteiger partial charge >= 0.3 is 0 Å². The number of nitrogens with zero attached hydrogens (tertiary/aromatic N) is 1. The maximum Gasteiger partial charge on any atom is 0.278 e. The molecule has 0 radical (unpaired) electrons. The molecule has 0 bridgehead atoms. The lowest BCUT2D eigenvalue weighted by atomic mass is 10.1. The minimum atomic E-state index is -0.282. The predicted octanol–water partition coefficient (Wildman–Crippen LogP) is 0.486. The molecule has 2 aromatic carbocycles. The molecule has 0 unspecified atom stereocenters. The Morgan fingerprint density at radius 2 is 1.68 bits per heavy atom. The van der Waals surface area contributed by atoms with Gasteiger partial charge in [-0.25, -0.2) is 0 Å². The third-order valence-corrected chi connectivity index (χ3v) is 5.27. The van der Waals surface area contributed by atoms with E-state index >= 15 is 0 Å². The lowest BCUT2D eigenvalue weighted by Gasteiger charge is -2.29. The quantitative estimate of drug-likeness (QED) is 0.511. The Morgan fingerprint density at radius 3 is 2.32 bits per heavy atom. The largest absolute Gasteiger partial charge is 0.493 e. The smallest absolute Gasteiger partial charge is 0.278 e. The summed E-state index contributed by atoms with van der Waals surface area (Å²) >= 11 is 0. The second-order valence-electron chi connectivity index (χ2n) is 7.16. The van der Waals surface area contributed by atoms with Crippen LogP contribution in [0.1, 0.15) is 18.1 Å². The summed E-state index contributed by atoms with van der Waals surface area (Å²) in [4.78, 5) is 13.9. The standard InChI is InChI=1S/C21H27N3O4/c1-3-28-21-14-17(8-9-20(21)27-2)15-22-10-12-23(13-11-22)16-18-6-4-5-7-19(18)24(25)26/h4-9,14H,3,10-13,15-16H2,1-2H3/p+2. The Balaban J connectivity index is 1.56. The van der Waals surface area contributed by atoms with Gasteiger partial charge in [0.15, 0.2) is 11.5 Å². The zero-order chi connectivity index (χ0) is 19.9. The number of nitro benzene ring substituents is 1. The molecular weight excluding hydrogens is 358 g/mol. The summed E-state index contributed by atoms with van der Waals surface area (Å²) in [6.45, 7) is 8.35. The summed E-state index contributed by atoms with van der Waals surface area (Å²) in [7, 11) is 1.65. The fourth-order valence-electron chi connectivity index (χ4n) is 3.81. The van der Waals surface area contributed by atoms with Crippen LogP contribution in [0.3, 0.4) is 0 Å². The molecule has 28 heavy (non-hydrogen) atoms. The zero-order valence-electron chi connectivity index (χ0n) is 16.6. The molecule has 2 N–H and O–H groups in total. The Hall–Kier alpha value is -2.64. The maximum absolute atomic E-state index is 11.2. The zero-order valence-corrected chi connectivity index (χ0v) is 16.6. The van der Waals surface area contributed by atoms with Crippen molar-refractivity contribution in [3.05, 3.63) is 63.7 Å². The Labute approximate surface area is 165 Å². The van der Waals surface area contributed by atoms with E-state index in [0.29, 0.717) is 13.2 Å². The van der Waals surface area contributed by atoms with Crippen molar-refractivity contribution in [3.8, 4) is 11.5 Å². The van der Waals surface area contributed by atoms with Crippen molar-refractivity contribution in [1.29, 1.82) is 0 Å². The number of quaternary nitrogens is 2. The van der Waals surface area contributed by atoms with Gasteiger partial charge in [-0.2, -0.15) is 0 Å².